The topological polar surface area (TPSA) is 77.1 Å². The Balaban J connectivity index is 2.15. The summed E-state index contributed by atoms with van der Waals surface area (Å²) in [6.07, 6.45) is 1.20. The number of amides is 2. The van der Waals surface area contributed by atoms with E-state index >= 15 is 0 Å². The molecule has 0 aromatic rings. The van der Waals surface area contributed by atoms with Gasteiger partial charge in [-0.25, -0.2) is 4.79 Å². The fourth-order valence-electron chi connectivity index (χ4n) is 2.00. The van der Waals surface area contributed by atoms with Gasteiger partial charge in [-0.05, 0) is 19.8 Å². The number of rotatable bonds is 7. The second kappa shape index (κ2) is 9.55. The van der Waals surface area contributed by atoms with Crippen LogP contribution in [0.25, 0.3) is 0 Å². The summed E-state index contributed by atoms with van der Waals surface area (Å²) in [7, 11) is 1.58. The first-order valence-corrected chi connectivity index (χ1v) is 6.95. The van der Waals surface area contributed by atoms with Crippen molar-refractivity contribution in [3.8, 4) is 0 Å². The summed E-state index contributed by atoms with van der Waals surface area (Å²) in [5.74, 6) is -0.129. The molecular weight excluding hydrogens is 264 g/mol. The van der Waals surface area contributed by atoms with Crippen LogP contribution in [0.1, 0.15) is 19.8 Å². The Morgan fingerprint density at radius 3 is 2.55 bits per heavy atom. The summed E-state index contributed by atoms with van der Waals surface area (Å²) in [5, 5.41) is 2.90. The number of hydrogen-bond donors (Lipinski definition) is 1. The fraction of sp³-hybridized carbons (Fsp3) is 0.846. The lowest BCUT2D eigenvalue weighted by molar-refractivity contribution is -0.127. The number of methoxy groups -OCH3 is 1. The van der Waals surface area contributed by atoms with Crippen LogP contribution in [0.2, 0.25) is 0 Å². The Labute approximate surface area is 119 Å². The van der Waals surface area contributed by atoms with Gasteiger partial charge in [0.15, 0.2) is 0 Å². The first-order valence-electron chi connectivity index (χ1n) is 6.95. The summed E-state index contributed by atoms with van der Waals surface area (Å²) >= 11 is 0. The Bertz CT molecular complexity index is 303. The average molecular weight is 288 g/mol. The number of carbonyl (C=O) groups excluding carboxylic acids is 2. The van der Waals surface area contributed by atoms with Gasteiger partial charge in [0, 0.05) is 26.2 Å². The molecule has 1 saturated heterocycles. The Kier molecular flexibility index (Phi) is 7.98. The molecule has 2 amide bonds. The predicted octanol–water partition coefficient (Wildman–Crippen LogP) is 0.387. The number of nitrogens with zero attached hydrogens (tertiary/aromatic N) is 1. The standard InChI is InChI=1S/C13H24N2O5/c1-3-20-13(17)15-6-4-11(5-7-15)14-12(16)10-19-9-8-18-2/h11H,3-10H2,1-2H3,(H,14,16). The maximum atomic E-state index is 11.6. The van der Waals surface area contributed by atoms with E-state index in [1.807, 2.05) is 0 Å². The van der Waals surface area contributed by atoms with E-state index in [4.69, 9.17) is 14.2 Å². The normalized spacial score (nSPS) is 16.0. The molecule has 1 N–H and O–H groups in total. The van der Waals surface area contributed by atoms with Crippen molar-refractivity contribution in [1.82, 2.24) is 10.2 Å². The minimum atomic E-state index is -0.278. The van der Waals surface area contributed by atoms with E-state index in [0.29, 0.717) is 32.9 Å². The molecule has 0 bridgehead atoms. The van der Waals surface area contributed by atoms with Gasteiger partial charge < -0.3 is 24.4 Å². The highest BCUT2D eigenvalue weighted by Crippen LogP contribution is 2.11. The lowest BCUT2D eigenvalue weighted by Crippen LogP contribution is -2.47. The highest BCUT2D eigenvalue weighted by atomic mass is 16.6. The Morgan fingerprint density at radius 2 is 1.95 bits per heavy atom. The van der Waals surface area contributed by atoms with Gasteiger partial charge in [-0.2, -0.15) is 0 Å². The molecule has 0 unspecified atom stereocenters. The summed E-state index contributed by atoms with van der Waals surface area (Å²) < 4.78 is 14.9. The van der Waals surface area contributed by atoms with E-state index in [1.54, 1.807) is 18.9 Å². The molecule has 0 radical (unpaired) electrons. The van der Waals surface area contributed by atoms with Crippen LogP contribution in [0.5, 0.6) is 0 Å². The molecule has 0 saturated carbocycles. The molecule has 1 fully saturated rings. The lowest BCUT2D eigenvalue weighted by Gasteiger charge is -2.31. The first kappa shape index (κ1) is 16.7. The van der Waals surface area contributed by atoms with Crippen molar-refractivity contribution in [2.75, 3.05) is 46.6 Å². The number of ether oxygens (including phenoxy) is 3. The van der Waals surface area contributed by atoms with Crippen LogP contribution in [-0.4, -0.2) is 69.6 Å². The molecule has 7 nitrogen and oxygen atoms in total. The van der Waals surface area contributed by atoms with Crippen molar-refractivity contribution in [3.63, 3.8) is 0 Å². The second-order valence-electron chi connectivity index (χ2n) is 4.57. The molecule has 1 heterocycles. The molecule has 1 aliphatic heterocycles. The zero-order chi connectivity index (χ0) is 14.8. The molecule has 0 aromatic heterocycles. The van der Waals surface area contributed by atoms with Gasteiger partial charge in [-0.3, -0.25) is 4.79 Å². The lowest BCUT2D eigenvalue weighted by atomic mass is 10.1. The van der Waals surface area contributed by atoms with Gasteiger partial charge in [0.1, 0.15) is 6.61 Å². The van der Waals surface area contributed by atoms with E-state index in [-0.39, 0.29) is 24.6 Å². The van der Waals surface area contributed by atoms with Gasteiger partial charge in [0.25, 0.3) is 0 Å². The maximum Gasteiger partial charge on any atom is 0.409 e. The van der Waals surface area contributed by atoms with Crippen LogP contribution in [0.15, 0.2) is 0 Å². The van der Waals surface area contributed by atoms with Crippen molar-refractivity contribution < 1.29 is 23.8 Å². The molecule has 7 heteroatoms. The van der Waals surface area contributed by atoms with E-state index in [0.717, 1.165) is 12.8 Å². The van der Waals surface area contributed by atoms with Crippen LogP contribution in [0.3, 0.4) is 0 Å². The number of hydrogen-bond acceptors (Lipinski definition) is 5. The van der Waals surface area contributed by atoms with Crippen LogP contribution in [-0.2, 0) is 19.0 Å². The number of nitrogens with one attached hydrogen (secondary N) is 1. The van der Waals surface area contributed by atoms with E-state index < -0.39 is 0 Å². The number of carbonyl (C=O) groups is 2. The molecule has 0 aliphatic carbocycles. The SMILES string of the molecule is CCOC(=O)N1CCC(NC(=O)COCCOC)CC1. The third-order valence-corrected chi connectivity index (χ3v) is 3.05. The molecular formula is C13H24N2O5. The maximum absolute atomic E-state index is 11.6. The minimum Gasteiger partial charge on any atom is -0.450 e. The molecule has 1 aliphatic rings. The van der Waals surface area contributed by atoms with E-state index in [2.05, 4.69) is 5.32 Å². The van der Waals surface area contributed by atoms with Crippen molar-refractivity contribution in [2.45, 2.75) is 25.8 Å². The molecule has 20 heavy (non-hydrogen) atoms. The fourth-order valence-corrected chi connectivity index (χ4v) is 2.00. The second-order valence-corrected chi connectivity index (χ2v) is 4.57. The largest absolute Gasteiger partial charge is 0.450 e. The Hall–Kier alpha value is -1.34. The van der Waals surface area contributed by atoms with E-state index in [1.165, 1.54) is 0 Å². The molecule has 0 aromatic carbocycles. The zero-order valence-corrected chi connectivity index (χ0v) is 12.2. The summed E-state index contributed by atoms with van der Waals surface area (Å²) in [6, 6.07) is 0.0965. The van der Waals surface area contributed by atoms with Gasteiger partial charge in [-0.15, -0.1) is 0 Å². The quantitative estimate of drug-likeness (QED) is 0.686. The summed E-state index contributed by atoms with van der Waals surface area (Å²) in [4.78, 5) is 24.8. The molecule has 116 valence electrons. The van der Waals surface area contributed by atoms with E-state index in [9.17, 15) is 9.59 Å². The van der Waals surface area contributed by atoms with Crippen molar-refractivity contribution in [3.05, 3.63) is 0 Å². The third kappa shape index (κ3) is 6.21. The zero-order valence-electron chi connectivity index (χ0n) is 12.2. The van der Waals surface area contributed by atoms with Crippen molar-refractivity contribution in [2.24, 2.45) is 0 Å². The molecule has 0 spiro atoms. The van der Waals surface area contributed by atoms with Gasteiger partial charge in [0.05, 0.1) is 19.8 Å². The van der Waals surface area contributed by atoms with Crippen LogP contribution < -0.4 is 5.32 Å². The molecule has 1 rings (SSSR count). The first-order chi connectivity index (χ1) is 9.67. The minimum absolute atomic E-state index is 0.0431. The van der Waals surface area contributed by atoms with Crippen LogP contribution in [0, 0.1) is 0 Å². The van der Waals surface area contributed by atoms with Crippen molar-refractivity contribution >= 4 is 12.0 Å². The van der Waals surface area contributed by atoms with Gasteiger partial charge in [-0.1, -0.05) is 0 Å². The highest BCUT2D eigenvalue weighted by Gasteiger charge is 2.24. The number of piperidine rings is 1. The van der Waals surface area contributed by atoms with Crippen molar-refractivity contribution in [1.29, 1.82) is 0 Å². The molecule has 0 atom stereocenters. The van der Waals surface area contributed by atoms with Crippen LogP contribution >= 0.6 is 0 Å². The number of likely N-dealkylation sites (tertiary alicyclic amines) is 1. The highest BCUT2D eigenvalue weighted by molar-refractivity contribution is 5.77. The van der Waals surface area contributed by atoms with Gasteiger partial charge in [0.2, 0.25) is 5.91 Å². The Morgan fingerprint density at radius 1 is 1.25 bits per heavy atom. The average Bonchev–Trinajstić information content (AvgIpc) is 2.45. The van der Waals surface area contributed by atoms with Gasteiger partial charge >= 0.3 is 6.09 Å². The monoisotopic (exact) mass is 288 g/mol. The smallest absolute Gasteiger partial charge is 0.409 e. The summed E-state index contributed by atoms with van der Waals surface area (Å²) in [5.41, 5.74) is 0. The van der Waals surface area contributed by atoms with Crippen LogP contribution in [0.4, 0.5) is 4.79 Å². The summed E-state index contributed by atoms with van der Waals surface area (Å²) in [6.45, 7) is 4.31. The third-order valence-electron chi connectivity index (χ3n) is 3.05. The predicted molar refractivity (Wildman–Crippen MR) is 72.5 cm³/mol.